The molecule has 2 aromatic carbocycles. The van der Waals surface area contributed by atoms with Crippen LogP contribution in [0.3, 0.4) is 0 Å². The number of guanidine groups is 1. The minimum absolute atomic E-state index is 0. The average molecular weight is 456 g/mol. The van der Waals surface area contributed by atoms with Crippen molar-refractivity contribution in [2.45, 2.75) is 19.4 Å². The Hall–Kier alpha value is -1.67. The van der Waals surface area contributed by atoms with Crippen molar-refractivity contribution in [2.24, 2.45) is 10.7 Å². The number of nitrogens with one attached hydrogen (secondary N) is 1. The predicted molar refractivity (Wildman–Crippen MR) is 114 cm³/mol. The molecule has 2 aromatic rings. The molecule has 136 valence electrons. The molecule has 0 aliphatic carbocycles. The molecule has 0 aliphatic rings. The summed E-state index contributed by atoms with van der Waals surface area (Å²) in [5, 5.41) is 3.12. The van der Waals surface area contributed by atoms with Crippen LogP contribution in [0.15, 0.2) is 53.5 Å². The van der Waals surface area contributed by atoms with Gasteiger partial charge in [0.1, 0.15) is 5.82 Å². The van der Waals surface area contributed by atoms with Crippen LogP contribution in [-0.2, 0) is 6.42 Å². The van der Waals surface area contributed by atoms with E-state index in [0.29, 0.717) is 12.5 Å². The van der Waals surface area contributed by atoms with Crippen LogP contribution < -0.4 is 11.1 Å². The number of nitrogens with two attached hydrogens (primary N) is 1. The summed E-state index contributed by atoms with van der Waals surface area (Å²) in [7, 11) is 3.94. The van der Waals surface area contributed by atoms with E-state index in [-0.39, 0.29) is 35.8 Å². The molecule has 1 atom stereocenters. The van der Waals surface area contributed by atoms with Gasteiger partial charge in [-0.05, 0) is 55.9 Å². The fourth-order valence-electron chi connectivity index (χ4n) is 2.49. The second kappa shape index (κ2) is 10.4. The Morgan fingerprint density at radius 2 is 1.88 bits per heavy atom. The number of hydrogen-bond acceptors (Lipinski definition) is 2. The molecule has 0 fully saturated rings. The second-order valence-corrected chi connectivity index (χ2v) is 5.94. The van der Waals surface area contributed by atoms with E-state index in [2.05, 4.69) is 29.4 Å². The zero-order chi connectivity index (χ0) is 17.5. The molecule has 0 spiro atoms. The summed E-state index contributed by atoms with van der Waals surface area (Å²) >= 11 is 0. The van der Waals surface area contributed by atoms with Gasteiger partial charge < -0.3 is 16.0 Å². The number of halogens is 2. The van der Waals surface area contributed by atoms with Gasteiger partial charge in [0.05, 0.1) is 12.6 Å². The van der Waals surface area contributed by atoms with Gasteiger partial charge in [-0.1, -0.05) is 31.2 Å². The zero-order valence-corrected chi connectivity index (χ0v) is 17.2. The highest BCUT2D eigenvalue weighted by atomic mass is 127. The normalized spacial score (nSPS) is 12.6. The third kappa shape index (κ3) is 6.62. The van der Waals surface area contributed by atoms with Gasteiger partial charge in [-0.25, -0.2) is 4.39 Å². The molecular formula is C19H26FIN4. The lowest BCUT2D eigenvalue weighted by Crippen LogP contribution is -2.27. The lowest BCUT2D eigenvalue weighted by molar-refractivity contribution is 0.306. The lowest BCUT2D eigenvalue weighted by Gasteiger charge is -2.23. The first-order chi connectivity index (χ1) is 11.5. The maximum absolute atomic E-state index is 13.1. The van der Waals surface area contributed by atoms with Gasteiger partial charge >= 0.3 is 0 Å². The number of anilines is 1. The molecule has 6 heteroatoms. The first-order valence-corrected chi connectivity index (χ1v) is 8.07. The van der Waals surface area contributed by atoms with Gasteiger partial charge in [0.2, 0.25) is 0 Å². The van der Waals surface area contributed by atoms with Crippen LogP contribution in [0.4, 0.5) is 10.1 Å². The summed E-state index contributed by atoms with van der Waals surface area (Å²) in [4.78, 5) is 6.49. The molecule has 3 N–H and O–H groups in total. The number of aryl methyl sites for hydroxylation is 1. The Morgan fingerprint density at radius 1 is 1.20 bits per heavy atom. The van der Waals surface area contributed by atoms with Crippen molar-refractivity contribution in [3.63, 3.8) is 0 Å². The lowest BCUT2D eigenvalue weighted by atomic mass is 10.1. The molecule has 0 saturated carbocycles. The van der Waals surface area contributed by atoms with E-state index in [0.717, 1.165) is 17.7 Å². The van der Waals surface area contributed by atoms with Gasteiger partial charge in [-0.2, -0.15) is 0 Å². The molecule has 0 heterocycles. The van der Waals surface area contributed by atoms with Crippen molar-refractivity contribution in [2.75, 3.05) is 26.0 Å². The standard InChI is InChI=1S/C19H25FN4.HI/c1-4-14-6-5-7-17(12-14)23-19(21)22-13-18(24(2)3)15-8-10-16(20)11-9-15;/h5-12,18H,4,13H2,1-3H3,(H3,21,22,23);1H. The van der Waals surface area contributed by atoms with Crippen molar-refractivity contribution in [3.05, 3.63) is 65.5 Å². The van der Waals surface area contributed by atoms with E-state index in [1.807, 2.05) is 31.1 Å². The topological polar surface area (TPSA) is 53.6 Å². The monoisotopic (exact) mass is 456 g/mol. The molecule has 2 rings (SSSR count). The Balaban J connectivity index is 0.00000312. The second-order valence-electron chi connectivity index (χ2n) is 5.94. The predicted octanol–water partition coefficient (Wildman–Crippen LogP) is 4.04. The summed E-state index contributed by atoms with van der Waals surface area (Å²) in [5.74, 6) is 0.133. The highest BCUT2D eigenvalue weighted by molar-refractivity contribution is 14.0. The van der Waals surface area contributed by atoms with Crippen LogP contribution in [-0.4, -0.2) is 31.5 Å². The Kier molecular flexibility index (Phi) is 8.85. The molecule has 0 saturated heterocycles. The Morgan fingerprint density at radius 3 is 2.48 bits per heavy atom. The number of likely N-dealkylation sites (N-methyl/N-ethyl adjacent to an activating group) is 1. The van der Waals surface area contributed by atoms with E-state index in [9.17, 15) is 4.39 Å². The van der Waals surface area contributed by atoms with Crippen molar-refractivity contribution in [1.82, 2.24) is 4.90 Å². The molecule has 0 amide bonds. The van der Waals surface area contributed by atoms with Crippen molar-refractivity contribution in [3.8, 4) is 0 Å². The molecule has 25 heavy (non-hydrogen) atoms. The number of nitrogens with zero attached hydrogens (tertiary/aromatic N) is 2. The summed E-state index contributed by atoms with van der Waals surface area (Å²) in [6.45, 7) is 2.60. The highest BCUT2D eigenvalue weighted by Crippen LogP contribution is 2.19. The fourth-order valence-corrected chi connectivity index (χ4v) is 2.49. The number of rotatable bonds is 6. The maximum Gasteiger partial charge on any atom is 0.193 e. The molecular weight excluding hydrogens is 430 g/mol. The van der Waals surface area contributed by atoms with E-state index in [1.54, 1.807) is 12.1 Å². The zero-order valence-electron chi connectivity index (χ0n) is 14.9. The minimum atomic E-state index is -0.239. The van der Waals surface area contributed by atoms with E-state index in [1.165, 1.54) is 17.7 Å². The van der Waals surface area contributed by atoms with Crippen LogP contribution in [0.2, 0.25) is 0 Å². The Bertz CT molecular complexity index is 686. The van der Waals surface area contributed by atoms with E-state index in [4.69, 9.17) is 5.73 Å². The van der Waals surface area contributed by atoms with Crippen molar-refractivity contribution < 1.29 is 4.39 Å². The van der Waals surface area contributed by atoms with Gasteiger partial charge in [0.15, 0.2) is 5.96 Å². The smallest absolute Gasteiger partial charge is 0.193 e. The first kappa shape index (κ1) is 21.4. The van der Waals surface area contributed by atoms with E-state index < -0.39 is 0 Å². The average Bonchev–Trinajstić information content (AvgIpc) is 2.56. The number of benzene rings is 2. The van der Waals surface area contributed by atoms with Crippen LogP contribution in [0, 0.1) is 5.82 Å². The molecule has 1 unspecified atom stereocenters. The van der Waals surface area contributed by atoms with Gasteiger partial charge in [0, 0.05) is 5.69 Å². The number of aliphatic imine (C=N–C) groups is 1. The molecule has 0 aliphatic heterocycles. The maximum atomic E-state index is 13.1. The molecule has 0 aromatic heterocycles. The number of hydrogen-bond donors (Lipinski definition) is 2. The third-order valence-electron chi connectivity index (χ3n) is 3.92. The Labute approximate surface area is 166 Å². The van der Waals surface area contributed by atoms with Crippen LogP contribution in [0.1, 0.15) is 24.1 Å². The van der Waals surface area contributed by atoms with Crippen molar-refractivity contribution >= 4 is 35.6 Å². The van der Waals surface area contributed by atoms with Crippen LogP contribution >= 0.6 is 24.0 Å². The highest BCUT2D eigenvalue weighted by Gasteiger charge is 2.13. The summed E-state index contributed by atoms with van der Waals surface area (Å²) < 4.78 is 13.1. The summed E-state index contributed by atoms with van der Waals surface area (Å²) in [5.41, 5.74) is 9.18. The van der Waals surface area contributed by atoms with Gasteiger partial charge in [-0.15, -0.1) is 24.0 Å². The quantitative estimate of drug-likeness (QED) is 0.392. The summed E-state index contributed by atoms with van der Waals surface area (Å²) in [6, 6.07) is 14.6. The molecule has 0 radical (unpaired) electrons. The van der Waals surface area contributed by atoms with Gasteiger partial charge in [-0.3, -0.25) is 4.99 Å². The van der Waals surface area contributed by atoms with E-state index >= 15 is 0 Å². The first-order valence-electron chi connectivity index (χ1n) is 8.07. The van der Waals surface area contributed by atoms with Gasteiger partial charge in [0.25, 0.3) is 0 Å². The largest absolute Gasteiger partial charge is 0.370 e. The van der Waals surface area contributed by atoms with Crippen molar-refractivity contribution in [1.29, 1.82) is 0 Å². The SMILES string of the molecule is CCc1cccc(NC(N)=NCC(c2ccc(F)cc2)N(C)C)c1.I. The van der Waals surface area contributed by atoms with Crippen LogP contribution in [0.25, 0.3) is 0 Å². The molecule has 0 bridgehead atoms. The third-order valence-corrected chi connectivity index (χ3v) is 3.92. The fraction of sp³-hybridized carbons (Fsp3) is 0.316. The summed E-state index contributed by atoms with van der Waals surface area (Å²) in [6.07, 6.45) is 0.972. The van der Waals surface area contributed by atoms with Crippen LogP contribution in [0.5, 0.6) is 0 Å². The molecule has 4 nitrogen and oxygen atoms in total. The minimum Gasteiger partial charge on any atom is -0.370 e.